The fraction of sp³-hybridized carbons (Fsp3) is 0.182. The molecule has 0 bridgehead atoms. The number of aromatic nitrogens is 3. The number of hydrogen-bond donors (Lipinski definition) is 0. The van der Waals surface area contributed by atoms with E-state index >= 15 is 0 Å². The van der Waals surface area contributed by atoms with Crippen molar-refractivity contribution in [3.05, 3.63) is 30.0 Å². The Balaban J connectivity index is 2.52. The highest BCUT2D eigenvalue weighted by molar-refractivity contribution is 5.82. The Bertz CT molecular complexity index is 520. The van der Waals surface area contributed by atoms with Crippen LogP contribution in [0.25, 0.3) is 11.3 Å². The van der Waals surface area contributed by atoms with Crippen molar-refractivity contribution in [2.24, 2.45) is 7.05 Å². The van der Waals surface area contributed by atoms with Crippen LogP contribution in [0.4, 0.5) is 0 Å². The molecule has 0 aliphatic carbocycles. The van der Waals surface area contributed by atoms with Gasteiger partial charge >= 0.3 is 0 Å². The Morgan fingerprint density at radius 2 is 2.25 bits per heavy atom. The molecule has 0 unspecified atom stereocenters. The number of aryl methyl sites for hydroxylation is 1. The van der Waals surface area contributed by atoms with Crippen LogP contribution in [0.5, 0.6) is 5.75 Å². The van der Waals surface area contributed by atoms with Crippen molar-refractivity contribution in [2.75, 3.05) is 7.11 Å². The molecule has 0 N–H and O–H groups in total. The van der Waals surface area contributed by atoms with Crippen molar-refractivity contribution in [1.29, 1.82) is 0 Å². The van der Waals surface area contributed by atoms with E-state index in [1.54, 1.807) is 30.1 Å². The molecular formula is C11H11N3O2. The van der Waals surface area contributed by atoms with Crippen LogP contribution in [0.1, 0.15) is 10.4 Å². The molecule has 0 spiro atoms. The predicted molar refractivity (Wildman–Crippen MR) is 58.4 cm³/mol. The zero-order valence-electron chi connectivity index (χ0n) is 9.04. The number of hydrogen-bond acceptors (Lipinski definition) is 4. The van der Waals surface area contributed by atoms with Crippen LogP contribution in [0.15, 0.2) is 24.4 Å². The molecule has 0 aliphatic heterocycles. The average Bonchev–Trinajstić information content (AvgIpc) is 2.74. The van der Waals surface area contributed by atoms with E-state index < -0.39 is 0 Å². The number of ether oxygens (including phenoxy) is 1. The van der Waals surface area contributed by atoms with Gasteiger partial charge in [-0.15, -0.1) is 5.10 Å². The van der Waals surface area contributed by atoms with Crippen LogP contribution in [0, 0.1) is 0 Å². The first kappa shape index (κ1) is 10.4. The molecule has 82 valence electrons. The van der Waals surface area contributed by atoms with Crippen molar-refractivity contribution >= 4 is 6.29 Å². The van der Waals surface area contributed by atoms with Gasteiger partial charge in [0.2, 0.25) is 0 Å². The average molecular weight is 217 g/mol. The van der Waals surface area contributed by atoms with Gasteiger partial charge < -0.3 is 4.74 Å². The lowest BCUT2D eigenvalue weighted by atomic mass is 10.1. The maximum atomic E-state index is 10.9. The molecule has 5 heteroatoms. The minimum absolute atomic E-state index is 0.515. The minimum atomic E-state index is 0.515. The van der Waals surface area contributed by atoms with E-state index in [0.29, 0.717) is 11.3 Å². The van der Waals surface area contributed by atoms with Crippen molar-refractivity contribution in [1.82, 2.24) is 15.0 Å². The molecular weight excluding hydrogens is 206 g/mol. The van der Waals surface area contributed by atoms with Gasteiger partial charge in [0.1, 0.15) is 5.75 Å². The molecule has 2 aromatic rings. The number of benzene rings is 1. The van der Waals surface area contributed by atoms with Crippen molar-refractivity contribution in [2.45, 2.75) is 0 Å². The summed E-state index contributed by atoms with van der Waals surface area (Å²) >= 11 is 0. The zero-order valence-corrected chi connectivity index (χ0v) is 9.04. The van der Waals surface area contributed by atoms with Crippen LogP contribution in [0.2, 0.25) is 0 Å². The SMILES string of the molecule is COc1ccc(-c2cnnn2C)cc1C=O. The summed E-state index contributed by atoms with van der Waals surface area (Å²) in [4.78, 5) is 10.9. The number of aldehydes is 1. The van der Waals surface area contributed by atoms with Crippen molar-refractivity contribution in [3.63, 3.8) is 0 Å². The fourth-order valence-electron chi connectivity index (χ4n) is 1.54. The van der Waals surface area contributed by atoms with E-state index in [1.165, 1.54) is 7.11 Å². The van der Waals surface area contributed by atoms with E-state index in [2.05, 4.69) is 10.3 Å². The number of rotatable bonds is 3. The number of nitrogens with zero attached hydrogens (tertiary/aromatic N) is 3. The highest BCUT2D eigenvalue weighted by atomic mass is 16.5. The first-order valence-electron chi connectivity index (χ1n) is 4.74. The molecule has 0 saturated heterocycles. The monoisotopic (exact) mass is 217 g/mol. The third-order valence-electron chi connectivity index (χ3n) is 2.37. The Morgan fingerprint density at radius 1 is 1.44 bits per heavy atom. The first-order valence-corrected chi connectivity index (χ1v) is 4.74. The van der Waals surface area contributed by atoms with Gasteiger partial charge in [-0.2, -0.15) is 0 Å². The van der Waals surface area contributed by atoms with E-state index in [-0.39, 0.29) is 0 Å². The van der Waals surface area contributed by atoms with Gasteiger partial charge in [-0.3, -0.25) is 4.79 Å². The second kappa shape index (κ2) is 4.14. The normalized spacial score (nSPS) is 10.1. The first-order chi connectivity index (χ1) is 7.76. The largest absolute Gasteiger partial charge is 0.496 e. The summed E-state index contributed by atoms with van der Waals surface area (Å²) in [5, 5.41) is 7.63. The number of methoxy groups -OCH3 is 1. The summed E-state index contributed by atoms with van der Waals surface area (Å²) in [6.45, 7) is 0. The molecule has 0 fully saturated rings. The quantitative estimate of drug-likeness (QED) is 0.727. The molecule has 0 radical (unpaired) electrons. The van der Waals surface area contributed by atoms with Gasteiger partial charge in [0.05, 0.1) is 24.6 Å². The van der Waals surface area contributed by atoms with Crippen LogP contribution >= 0.6 is 0 Å². The molecule has 2 rings (SSSR count). The highest BCUT2D eigenvalue weighted by Crippen LogP contribution is 2.24. The van der Waals surface area contributed by atoms with Crippen molar-refractivity contribution in [3.8, 4) is 17.0 Å². The zero-order chi connectivity index (χ0) is 11.5. The Hall–Kier alpha value is -2.17. The van der Waals surface area contributed by atoms with Crippen LogP contribution in [0.3, 0.4) is 0 Å². The summed E-state index contributed by atoms with van der Waals surface area (Å²) in [7, 11) is 3.33. The smallest absolute Gasteiger partial charge is 0.153 e. The summed E-state index contributed by atoms with van der Waals surface area (Å²) in [6, 6.07) is 5.38. The Kier molecular flexibility index (Phi) is 2.68. The van der Waals surface area contributed by atoms with E-state index in [4.69, 9.17) is 4.74 Å². The van der Waals surface area contributed by atoms with Crippen LogP contribution in [-0.4, -0.2) is 28.4 Å². The van der Waals surface area contributed by atoms with E-state index in [1.807, 2.05) is 6.07 Å². The third kappa shape index (κ3) is 1.67. The summed E-state index contributed by atoms with van der Waals surface area (Å²) < 4.78 is 6.72. The van der Waals surface area contributed by atoms with Crippen LogP contribution < -0.4 is 4.74 Å². The Morgan fingerprint density at radius 3 is 2.81 bits per heavy atom. The highest BCUT2D eigenvalue weighted by Gasteiger charge is 2.07. The molecule has 0 saturated carbocycles. The lowest BCUT2D eigenvalue weighted by Crippen LogP contribution is -1.96. The fourth-order valence-corrected chi connectivity index (χ4v) is 1.54. The third-order valence-corrected chi connectivity index (χ3v) is 2.37. The topological polar surface area (TPSA) is 57.0 Å². The second-order valence-corrected chi connectivity index (χ2v) is 3.32. The predicted octanol–water partition coefficient (Wildman–Crippen LogP) is 1.30. The standard InChI is InChI=1S/C11H11N3O2/c1-14-10(6-12-13-14)8-3-4-11(16-2)9(5-8)7-15/h3-7H,1-2H3. The van der Waals surface area contributed by atoms with Gasteiger partial charge in [-0.25, -0.2) is 4.68 Å². The minimum Gasteiger partial charge on any atom is -0.496 e. The summed E-state index contributed by atoms with van der Waals surface area (Å²) in [5.41, 5.74) is 2.25. The molecule has 5 nitrogen and oxygen atoms in total. The summed E-state index contributed by atoms with van der Waals surface area (Å²) in [5.74, 6) is 0.564. The van der Waals surface area contributed by atoms with Gasteiger partial charge in [0.15, 0.2) is 6.29 Å². The van der Waals surface area contributed by atoms with Gasteiger partial charge in [0.25, 0.3) is 0 Å². The lowest BCUT2D eigenvalue weighted by molar-refractivity contribution is 0.112. The molecule has 0 aliphatic rings. The van der Waals surface area contributed by atoms with Crippen molar-refractivity contribution < 1.29 is 9.53 Å². The van der Waals surface area contributed by atoms with E-state index in [0.717, 1.165) is 17.5 Å². The molecule has 16 heavy (non-hydrogen) atoms. The maximum absolute atomic E-state index is 10.9. The number of carbonyl (C=O) groups is 1. The number of carbonyl (C=O) groups excluding carboxylic acids is 1. The second-order valence-electron chi connectivity index (χ2n) is 3.32. The molecule has 0 atom stereocenters. The van der Waals surface area contributed by atoms with Gasteiger partial charge in [-0.05, 0) is 18.2 Å². The molecule has 1 heterocycles. The van der Waals surface area contributed by atoms with Gasteiger partial charge in [0, 0.05) is 12.6 Å². The maximum Gasteiger partial charge on any atom is 0.153 e. The molecule has 0 amide bonds. The van der Waals surface area contributed by atoms with Gasteiger partial charge in [-0.1, -0.05) is 5.21 Å². The molecule has 1 aromatic carbocycles. The van der Waals surface area contributed by atoms with Crippen LogP contribution in [-0.2, 0) is 7.05 Å². The molecule has 1 aromatic heterocycles. The summed E-state index contributed by atoms with van der Waals surface area (Å²) in [6.07, 6.45) is 2.42. The lowest BCUT2D eigenvalue weighted by Gasteiger charge is -2.06. The van der Waals surface area contributed by atoms with E-state index in [9.17, 15) is 4.79 Å². The Labute approximate surface area is 92.7 Å².